The number of hydrogen-bond acceptors (Lipinski definition) is 5. The van der Waals surface area contributed by atoms with Gasteiger partial charge in [-0.3, -0.25) is 10.2 Å². The van der Waals surface area contributed by atoms with Gasteiger partial charge in [0, 0.05) is 0 Å². The zero-order valence-corrected chi connectivity index (χ0v) is 10.6. The number of aryl methyl sites for hydroxylation is 1. The van der Waals surface area contributed by atoms with E-state index in [1.807, 2.05) is 6.92 Å². The quantitative estimate of drug-likeness (QED) is 0.299. The molecule has 0 aromatic heterocycles. The van der Waals surface area contributed by atoms with E-state index in [4.69, 9.17) is 10.9 Å². The number of sulfonamides is 1. The molecule has 1 amide bonds. The van der Waals surface area contributed by atoms with E-state index in [1.165, 1.54) is 12.1 Å². The number of carbonyl (C=O) groups is 1. The Morgan fingerprint density at radius 3 is 2.39 bits per heavy atom. The third-order valence-electron chi connectivity index (χ3n) is 2.27. The lowest BCUT2D eigenvalue weighted by molar-refractivity contribution is -0.123. The number of nitrogens with two attached hydrogens (primary N) is 1. The zero-order chi connectivity index (χ0) is 13.8. The van der Waals surface area contributed by atoms with Crippen molar-refractivity contribution in [3.05, 3.63) is 29.8 Å². The van der Waals surface area contributed by atoms with E-state index in [1.54, 1.807) is 17.6 Å². The molecule has 0 fully saturated rings. The van der Waals surface area contributed by atoms with E-state index >= 15 is 0 Å². The molecule has 0 aliphatic rings. The largest absolute Gasteiger partial charge is 0.394 e. The Morgan fingerprint density at radius 2 is 1.94 bits per heavy atom. The summed E-state index contributed by atoms with van der Waals surface area (Å²) in [5, 5.41) is 8.94. The van der Waals surface area contributed by atoms with Crippen LogP contribution in [0.5, 0.6) is 0 Å². The first-order valence-electron chi connectivity index (χ1n) is 5.11. The average molecular weight is 273 g/mol. The number of hydrazine groups is 1. The van der Waals surface area contributed by atoms with Gasteiger partial charge in [-0.2, -0.15) is 4.72 Å². The van der Waals surface area contributed by atoms with Crippen LogP contribution in [0.2, 0.25) is 0 Å². The maximum absolute atomic E-state index is 11.9. The zero-order valence-electron chi connectivity index (χ0n) is 9.75. The molecule has 1 unspecified atom stereocenters. The molecule has 0 spiro atoms. The predicted molar refractivity (Wildman–Crippen MR) is 64.7 cm³/mol. The van der Waals surface area contributed by atoms with E-state index in [0.29, 0.717) is 0 Å². The summed E-state index contributed by atoms with van der Waals surface area (Å²) in [5.41, 5.74) is 2.68. The van der Waals surface area contributed by atoms with E-state index in [9.17, 15) is 13.2 Å². The van der Waals surface area contributed by atoms with E-state index in [2.05, 4.69) is 4.72 Å². The first-order chi connectivity index (χ1) is 8.40. The van der Waals surface area contributed by atoms with E-state index in [0.717, 1.165) is 5.56 Å². The highest BCUT2D eigenvalue weighted by Gasteiger charge is 2.24. The lowest BCUT2D eigenvalue weighted by atomic mass is 10.2. The molecule has 1 aromatic carbocycles. The molecular weight excluding hydrogens is 258 g/mol. The molecule has 0 heterocycles. The maximum atomic E-state index is 11.9. The molecular formula is C10H15N3O4S. The highest BCUT2D eigenvalue weighted by Crippen LogP contribution is 2.10. The molecule has 8 heteroatoms. The Hall–Kier alpha value is -1.48. The number of aliphatic hydroxyl groups is 1. The fraction of sp³-hybridized carbons (Fsp3) is 0.300. The van der Waals surface area contributed by atoms with Gasteiger partial charge in [-0.15, -0.1) is 0 Å². The summed E-state index contributed by atoms with van der Waals surface area (Å²) in [6.45, 7) is 1.14. The number of amides is 1. The van der Waals surface area contributed by atoms with Crippen molar-refractivity contribution in [2.75, 3.05) is 6.61 Å². The van der Waals surface area contributed by atoms with Crippen LogP contribution in [-0.2, 0) is 14.8 Å². The van der Waals surface area contributed by atoms with Gasteiger partial charge in [0.1, 0.15) is 6.04 Å². The molecule has 0 radical (unpaired) electrons. The van der Waals surface area contributed by atoms with Crippen molar-refractivity contribution in [2.24, 2.45) is 5.84 Å². The van der Waals surface area contributed by atoms with Crippen LogP contribution in [0.3, 0.4) is 0 Å². The Balaban J connectivity index is 2.94. The number of hydrogen-bond donors (Lipinski definition) is 4. The minimum Gasteiger partial charge on any atom is -0.394 e. The molecule has 7 nitrogen and oxygen atoms in total. The minimum atomic E-state index is -3.87. The maximum Gasteiger partial charge on any atom is 0.254 e. The molecule has 0 saturated heterocycles. The summed E-state index contributed by atoms with van der Waals surface area (Å²) in [5.74, 6) is 4.07. The fourth-order valence-electron chi connectivity index (χ4n) is 1.25. The Kier molecular flexibility index (Phi) is 4.79. The highest BCUT2D eigenvalue weighted by molar-refractivity contribution is 7.89. The van der Waals surface area contributed by atoms with Crippen LogP contribution in [0.4, 0.5) is 0 Å². The molecule has 0 aliphatic heterocycles. The molecule has 18 heavy (non-hydrogen) atoms. The second kappa shape index (κ2) is 5.91. The normalized spacial score (nSPS) is 13.1. The fourth-order valence-corrected chi connectivity index (χ4v) is 2.43. The second-order valence-electron chi connectivity index (χ2n) is 3.68. The Bertz CT molecular complexity index is 512. The topological polar surface area (TPSA) is 122 Å². The van der Waals surface area contributed by atoms with Gasteiger partial charge in [-0.05, 0) is 19.1 Å². The first kappa shape index (κ1) is 14.6. The van der Waals surface area contributed by atoms with Crippen LogP contribution in [0, 0.1) is 6.92 Å². The number of aliphatic hydroxyl groups excluding tert-OH is 1. The lowest BCUT2D eigenvalue weighted by Gasteiger charge is -2.14. The third kappa shape index (κ3) is 3.50. The molecule has 1 aromatic rings. The number of carbonyl (C=O) groups excluding carboxylic acids is 1. The number of rotatable bonds is 5. The average Bonchev–Trinajstić information content (AvgIpc) is 2.35. The van der Waals surface area contributed by atoms with Crippen molar-refractivity contribution < 1.29 is 18.3 Å². The predicted octanol–water partition coefficient (Wildman–Crippen LogP) is -1.38. The van der Waals surface area contributed by atoms with Crippen LogP contribution >= 0.6 is 0 Å². The number of benzene rings is 1. The summed E-state index contributed by atoms with van der Waals surface area (Å²) in [7, 11) is -3.87. The summed E-state index contributed by atoms with van der Waals surface area (Å²) in [6.07, 6.45) is 0. The van der Waals surface area contributed by atoms with Crippen LogP contribution in [0.15, 0.2) is 29.2 Å². The molecule has 1 rings (SSSR count). The van der Waals surface area contributed by atoms with Gasteiger partial charge in [0.05, 0.1) is 11.5 Å². The summed E-state index contributed by atoms with van der Waals surface area (Å²) in [6, 6.07) is 4.76. The highest BCUT2D eigenvalue weighted by atomic mass is 32.2. The van der Waals surface area contributed by atoms with Crippen LogP contribution < -0.4 is 16.0 Å². The standard InChI is InChI=1S/C10H15N3O4S/c1-7-2-4-8(5-3-7)18(16,17)13-9(6-14)10(15)12-11/h2-5,9,13-14H,6,11H2,1H3,(H,12,15). The van der Waals surface area contributed by atoms with Gasteiger partial charge in [0.15, 0.2) is 0 Å². The monoisotopic (exact) mass is 273 g/mol. The Morgan fingerprint density at radius 1 is 1.39 bits per heavy atom. The smallest absolute Gasteiger partial charge is 0.254 e. The summed E-state index contributed by atoms with van der Waals surface area (Å²) in [4.78, 5) is 11.2. The second-order valence-corrected chi connectivity index (χ2v) is 5.39. The molecule has 5 N–H and O–H groups in total. The van der Waals surface area contributed by atoms with Gasteiger partial charge < -0.3 is 5.11 Å². The van der Waals surface area contributed by atoms with E-state index in [-0.39, 0.29) is 4.90 Å². The van der Waals surface area contributed by atoms with Crippen LogP contribution in [-0.4, -0.2) is 32.1 Å². The summed E-state index contributed by atoms with van der Waals surface area (Å²) >= 11 is 0. The van der Waals surface area contributed by atoms with E-state index < -0.39 is 28.6 Å². The molecule has 1 atom stereocenters. The van der Waals surface area contributed by atoms with Crippen molar-refractivity contribution in [1.82, 2.24) is 10.1 Å². The van der Waals surface area contributed by atoms with Gasteiger partial charge in [-0.1, -0.05) is 17.7 Å². The van der Waals surface area contributed by atoms with Crippen molar-refractivity contribution in [1.29, 1.82) is 0 Å². The van der Waals surface area contributed by atoms with Crippen molar-refractivity contribution in [2.45, 2.75) is 17.9 Å². The third-order valence-corrected chi connectivity index (χ3v) is 3.76. The molecule has 0 saturated carbocycles. The van der Waals surface area contributed by atoms with Gasteiger partial charge >= 0.3 is 0 Å². The SMILES string of the molecule is Cc1ccc(S(=O)(=O)NC(CO)C(=O)NN)cc1. The lowest BCUT2D eigenvalue weighted by Crippen LogP contribution is -2.50. The minimum absolute atomic E-state index is 0.0105. The van der Waals surface area contributed by atoms with Crippen molar-refractivity contribution >= 4 is 15.9 Å². The van der Waals surface area contributed by atoms with Crippen molar-refractivity contribution in [3.63, 3.8) is 0 Å². The first-order valence-corrected chi connectivity index (χ1v) is 6.59. The van der Waals surface area contributed by atoms with Gasteiger partial charge in [-0.25, -0.2) is 14.3 Å². The van der Waals surface area contributed by atoms with Gasteiger partial charge in [0.25, 0.3) is 5.91 Å². The van der Waals surface area contributed by atoms with Crippen LogP contribution in [0.1, 0.15) is 5.56 Å². The Labute approximate surface area is 105 Å². The molecule has 0 bridgehead atoms. The van der Waals surface area contributed by atoms with Crippen molar-refractivity contribution in [3.8, 4) is 0 Å². The molecule has 0 aliphatic carbocycles. The molecule has 100 valence electrons. The van der Waals surface area contributed by atoms with Crippen LogP contribution in [0.25, 0.3) is 0 Å². The summed E-state index contributed by atoms with van der Waals surface area (Å²) < 4.78 is 25.8. The number of nitrogens with one attached hydrogen (secondary N) is 2. The van der Waals surface area contributed by atoms with Gasteiger partial charge in [0.2, 0.25) is 10.0 Å².